The maximum Gasteiger partial charge on any atom is 0.0236 e. The molecule has 4 unspecified atom stereocenters. The van der Waals surface area contributed by atoms with Crippen LogP contribution in [-0.4, -0.2) is 17.5 Å². The molecule has 2 aliphatic carbocycles. The monoisotopic (exact) mass is 255 g/mol. The topological polar surface area (TPSA) is 3.24 Å². The quantitative estimate of drug-likeness (QED) is 0.769. The number of likely N-dealkylation sites (tertiary alicyclic amines) is 1. The summed E-state index contributed by atoms with van der Waals surface area (Å²) in [6.07, 6.45) is 9.03. The van der Waals surface area contributed by atoms with Gasteiger partial charge in [0.25, 0.3) is 0 Å². The normalized spacial score (nSPS) is 38.1. The zero-order valence-electron chi connectivity index (χ0n) is 11.8. The Kier molecular flexibility index (Phi) is 3.11. The Balaban J connectivity index is 1.56. The molecule has 3 aliphatic rings. The van der Waals surface area contributed by atoms with Gasteiger partial charge in [-0.3, -0.25) is 4.90 Å². The van der Waals surface area contributed by atoms with Crippen LogP contribution >= 0.6 is 0 Å². The van der Waals surface area contributed by atoms with Gasteiger partial charge in [-0.25, -0.2) is 0 Å². The molecule has 4 atom stereocenters. The van der Waals surface area contributed by atoms with E-state index in [9.17, 15) is 0 Å². The maximum absolute atomic E-state index is 2.83. The summed E-state index contributed by atoms with van der Waals surface area (Å²) in [5, 5.41) is 0. The van der Waals surface area contributed by atoms with E-state index in [0.717, 1.165) is 23.8 Å². The summed E-state index contributed by atoms with van der Waals surface area (Å²) in [5.74, 6) is 3.09. The minimum atomic E-state index is 0.902. The van der Waals surface area contributed by atoms with Crippen LogP contribution in [0.15, 0.2) is 30.3 Å². The highest BCUT2D eigenvalue weighted by molar-refractivity contribution is 5.15. The standard InChI is InChI=1S/C18H25N/c1-2-5-14(6-3-1)12-19-13-15-7-4-8-16-9-10-18(19)17(16)11-15/h1-3,5-6,15-18H,4,7-13H2. The van der Waals surface area contributed by atoms with E-state index in [1.54, 1.807) is 6.42 Å². The summed E-state index contributed by atoms with van der Waals surface area (Å²) in [4.78, 5) is 2.83. The van der Waals surface area contributed by atoms with Gasteiger partial charge in [0, 0.05) is 19.1 Å². The van der Waals surface area contributed by atoms with Crippen LogP contribution in [0.1, 0.15) is 44.1 Å². The molecule has 1 heterocycles. The van der Waals surface area contributed by atoms with Crippen molar-refractivity contribution in [2.45, 2.75) is 51.1 Å². The minimum Gasteiger partial charge on any atom is -0.296 e. The zero-order chi connectivity index (χ0) is 12.7. The number of piperidine rings is 1. The van der Waals surface area contributed by atoms with E-state index >= 15 is 0 Å². The van der Waals surface area contributed by atoms with Gasteiger partial charge in [-0.05, 0) is 49.0 Å². The van der Waals surface area contributed by atoms with E-state index in [1.165, 1.54) is 50.8 Å². The predicted molar refractivity (Wildman–Crippen MR) is 78.8 cm³/mol. The van der Waals surface area contributed by atoms with Gasteiger partial charge in [0.05, 0.1) is 0 Å². The van der Waals surface area contributed by atoms with Crippen LogP contribution in [0.25, 0.3) is 0 Å². The highest BCUT2D eigenvalue weighted by atomic mass is 15.2. The minimum absolute atomic E-state index is 0.902. The fourth-order valence-corrected chi connectivity index (χ4v) is 5.09. The average molecular weight is 255 g/mol. The number of hydrogen-bond acceptors (Lipinski definition) is 1. The van der Waals surface area contributed by atoms with Crippen LogP contribution in [0.3, 0.4) is 0 Å². The van der Waals surface area contributed by atoms with Crippen molar-refractivity contribution in [2.24, 2.45) is 17.8 Å². The van der Waals surface area contributed by atoms with Crippen LogP contribution < -0.4 is 0 Å². The van der Waals surface area contributed by atoms with Crippen molar-refractivity contribution >= 4 is 0 Å². The lowest BCUT2D eigenvalue weighted by molar-refractivity contribution is 0.0591. The maximum atomic E-state index is 2.83. The number of nitrogens with zero attached hydrogens (tertiary/aromatic N) is 1. The summed E-state index contributed by atoms with van der Waals surface area (Å²) in [6, 6.07) is 12.0. The van der Waals surface area contributed by atoms with Gasteiger partial charge >= 0.3 is 0 Å². The van der Waals surface area contributed by atoms with Crippen molar-refractivity contribution in [3.05, 3.63) is 35.9 Å². The smallest absolute Gasteiger partial charge is 0.0236 e. The number of rotatable bonds is 2. The van der Waals surface area contributed by atoms with E-state index in [2.05, 4.69) is 35.2 Å². The molecular weight excluding hydrogens is 230 g/mol. The van der Waals surface area contributed by atoms with Gasteiger partial charge in [-0.1, -0.05) is 43.2 Å². The van der Waals surface area contributed by atoms with Gasteiger partial charge in [0.1, 0.15) is 0 Å². The van der Waals surface area contributed by atoms with Crippen molar-refractivity contribution in [1.82, 2.24) is 4.90 Å². The number of benzene rings is 1. The Morgan fingerprint density at radius 1 is 1.00 bits per heavy atom. The summed E-state index contributed by atoms with van der Waals surface area (Å²) in [6.45, 7) is 2.55. The van der Waals surface area contributed by atoms with Crippen LogP contribution in [0.5, 0.6) is 0 Å². The first-order valence-electron chi connectivity index (χ1n) is 8.18. The lowest BCUT2D eigenvalue weighted by Gasteiger charge is -2.42. The third-order valence-corrected chi connectivity index (χ3v) is 5.92. The molecule has 0 N–H and O–H groups in total. The molecule has 3 fully saturated rings. The molecule has 1 nitrogen and oxygen atoms in total. The molecule has 0 aromatic heterocycles. The van der Waals surface area contributed by atoms with E-state index in [-0.39, 0.29) is 0 Å². The highest BCUT2D eigenvalue weighted by Crippen LogP contribution is 2.48. The summed E-state index contributed by atoms with van der Waals surface area (Å²) in [5.41, 5.74) is 1.50. The average Bonchev–Trinajstić information content (AvgIpc) is 2.77. The lowest BCUT2D eigenvalue weighted by atomic mass is 9.81. The Hall–Kier alpha value is -0.820. The molecule has 0 spiro atoms. The van der Waals surface area contributed by atoms with E-state index in [1.807, 2.05) is 0 Å². The van der Waals surface area contributed by atoms with Gasteiger partial charge in [-0.2, -0.15) is 0 Å². The molecule has 1 saturated heterocycles. The molecule has 0 amide bonds. The Morgan fingerprint density at radius 2 is 1.89 bits per heavy atom. The molecule has 2 saturated carbocycles. The lowest BCUT2D eigenvalue weighted by Crippen LogP contribution is -2.46. The summed E-state index contributed by atoms with van der Waals surface area (Å²) < 4.78 is 0. The van der Waals surface area contributed by atoms with E-state index in [0.29, 0.717) is 0 Å². The summed E-state index contributed by atoms with van der Waals surface area (Å²) >= 11 is 0. The SMILES string of the molecule is c1ccc(CN2CC3CCCC4CCC2C4C3)cc1. The second kappa shape index (κ2) is 4.94. The fourth-order valence-electron chi connectivity index (χ4n) is 5.09. The number of fused-ring (bicyclic) bond motifs is 1. The van der Waals surface area contributed by atoms with Crippen molar-refractivity contribution in [3.63, 3.8) is 0 Å². The van der Waals surface area contributed by atoms with E-state index in [4.69, 9.17) is 0 Å². The van der Waals surface area contributed by atoms with Crippen molar-refractivity contribution in [2.75, 3.05) is 6.54 Å². The molecule has 1 aromatic carbocycles. The molecular formula is C18H25N. The molecule has 0 radical (unpaired) electrons. The van der Waals surface area contributed by atoms with Crippen LogP contribution in [0.2, 0.25) is 0 Å². The van der Waals surface area contributed by atoms with E-state index < -0.39 is 0 Å². The van der Waals surface area contributed by atoms with Crippen LogP contribution in [-0.2, 0) is 6.54 Å². The third-order valence-electron chi connectivity index (χ3n) is 5.92. The van der Waals surface area contributed by atoms with Gasteiger partial charge in [0.15, 0.2) is 0 Å². The van der Waals surface area contributed by atoms with Crippen molar-refractivity contribution in [1.29, 1.82) is 0 Å². The number of hydrogen-bond donors (Lipinski definition) is 0. The molecule has 19 heavy (non-hydrogen) atoms. The molecule has 102 valence electrons. The second-order valence-electron chi connectivity index (χ2n) is 7.02. The molecule has 4 rings (SSSR count). The van der Waals surface area contributed by atoms with Gasteiger partial charge in [-0.15, -0.1) is 0 Å². The van der Waals surface area contributed by atoms with Gasteiger partial charge in [0.2, 0.25) is 0 Å². The summed E-state index contributed by atoms with van der Waals surface area (Å²) in [7, 11) is 0. The molecule has 1 aromatic rings. The molecule has 1 aliphatic heterocycles. The Morgan fingerprint density at radius 3 is 2.79 bits per heavy atom. The van der Waals surface area contributed by atoms with Crippen molar-refractivity contribution < 1.29 is 0 Å². The fraction of sp³-hybridized carbons (Fsp3) is 0.667. The second-order valence-corrected chi connectivity index (χ2v) is 7.02. The first-order chi connectivity index (χ1) is 9.40. The predicted octanol–water partition coefficient (Wildman–Crippen LogP) is 4.09. The Labute approximate surface area is 117 Å². The van der Waals surface area contributed by atoms with Crippen LogP contribution in [0, 0.1) is 17.8 Å². The van der Waals surface area contributed by atoms with Crippen molar-refractivity contribution in [3.8, 4) is 0 Å². The third kappa shape index (κ3) is 2.23. The first kappa shape index (κ1) is 12.0. The zero-order valence-corrected chi connectivity index (χ0v) is 11.8. The highest BCUT2D eigenvalue weighted by Gasteiger charge is 2.45. The largest absolute Gasteiger partial charge is 0.296 e. The first-order valence-corrected chi connectivity index (χ1v) is 8.18. The molecule has 1 heteroatoms. The van der Waals surface area contributed by atoms with Crippen LogP contribution in [0.4, 0.5) is 0 Å². The molecule has 2 bridgehead atoms. The Bertz CT molecular complexity index is 427. The van der Waals surface area contributed by atoms with Gasteiger partial charge < -0.3 is 0 Å².